The minimum absolute atomic E-state index is 0.655. The Hall–Kier alpha value is -1.66. The molecule has 0 saturated heterocycles. The van der Waals surface area contributed by atoms with Crippen molar-refractivity contribution in [1.82, 2.24) is 0 Å². The van der Waals surface area contributed by atoms with E-state index < -0.39 is 0 Å². The van der Waals surface area contributed by atoms with E-state index in [1.54, 1.807) is 12.1 Å². The molecule has 0 spiro atoms. The third-order valence-corrected chi connectivity index (χ3v) is 1.63. The number of aryl methyl sites for hydroxylation is 1. The van der Waals surface area contributed by atoms with Crippen molar-refractivity contribution in [2.24, 2.45) is 4.99 Å². The zero-order valence-electron chi connectivity index (χ0n) is 6.87. The van der Waals surface area contributed by atoms with Gasteiger partial charge in [-0.3, -0.25) is 0 Å². The van der Waals surface area contributed by atoms with Crippen molar-refractivity contribution in [2.45, 2.75) is 6.92 Å². The molecular weight excluding hydrogens is 150 g/mol. The first-order chi connectivity index (χ1) is 5.77. The van der Waals surface area contributed by atoms with E-state index in [4.69, 9.17) is 0 Å². The average Bonchev–Trinajstić information content (AvgIpc) is 2.09. The van der Waals surface area contributed by atoms with Crippen molar-refractivity contribution in [3.63, 3.8) is 0 Å². The standard InChI is InChI=1S/C10H9NO/c1-3-9-5-4-8(2)10(6-9)11-7-12/h3-6H,1H2,2H3. The highest BCUT2D eigenvalue weighted by Gasteiger charge is 1.95. The molecule has 2 nitrogen and oxygen atoms in total. The fraction of sp³-hybridized carbons (Fsp3) is 0.100. The van der Waals surface area contributed by atoms with Gasteiger partial charge in [-0.1, -0.05) is 24.8 Å². The Bertz CT molecular complexity index is 349. The molecule has 0 unspecified atom stereocenters. The molecule has 2 heteroatoms. The van der Waals surface area contributed by atoms with Crippen LogP contribution in [0.15, 0.2) is 29.8 Å². The molecular formula is C10H9NO. The number of hydrogen-bond donors (Lipinski definition) is 0. The van der Waals surface area contributed by atoms with Crippen molar-refractivity contribution in [3.8, 4) is 0 Å². The second-order valence-electron chi connectivity index (χ2n) is 2.45. The first kappa shape index (κ1) is 8.44. The first-order valence-electron chi connectivity index (χ1n) is 3.59. The molecule has 0 N–H and O–H groups in total. The molecule has 0 fully saturated rings. The second kappa shape index (κ2) is 3.65. The molecule has 60 valence electrons. The van der Waals surface area contributed by atoms with Gasteiger partial charge in [0.1, 0.15) is 0 Å². The maximum absolute atomic E-state index is 10.0. The van der Waals surface area contributed by atoms with Crippen LogP contribution in [0.1, 0.15) is 11.1 Å². The minimum atomic E-state index is 0.655. The molecule has 1 rings (SSSR count). The van der Waals surface area contributed by atoms with E-state index in [2.05, 4.69) is 11.6 Å². The Morgan fingerprint density at radius 1 is 1.58 bits per heavy atom. The van der Waals surface area contributed by atoms with E-state index >= 15 is 0 Å². The minimum Gasteiger partial charge on any atom is -0.211 e. The van der Waals surface area contributed by atoms with Gasteiger partial charge in [0, 0.05) is 0 Å². The number of hydrogen-bond acceptors (Lipinski definition) is 2. The largest absolute Gasteiger partial charge is 0.240 e. The van der Waals surface area contributed by atoms with E-state index in [9.17, 15) is 4.79 Å². The van der Waals surface area contributed by atoms with Gasteiger partial charge in [0.15, 0.2) is 0 Å². The van der Waals surface area contributed by atoms with Crippen molar-refractivity contribution >= 4 is 17.8 Å². The van der Waals surface area contributed by atoms with Crippen LogP contribution in [-0.4, -0.2) is 6.08 Å². The van der Waals surface area contributed by atoms with E-state index in [1.807, 2.05) is 19.1 Å². The Kier molecular flexibility index (Phi) is 2.57. The SMILES string of the molecule is C=Cc1ccc(C)c(N=C=O)c1. The summed E-state index contributed by atoms with van der Waals surface area (Å²) in [5.74, 6) is 0. The molecule has 12 heavy (non-hydrogen) atoms. The van der Waals surface area contributed by atoms with E-state index in [1.165, 1.54) is 6.08 Å². The lowest BCUT2D eigenvalue weighted by Crippen LogP contribution is -1.76. The Balaban J connectivity index is 3.25. The summed E-state index contributed by atoms with van der Waals surface area (Å²) < 4.78 is 0. The third kappa shape index (κ3) is 1.68. The Labute approximate surface area is 71.3 Å². The van der Waals surface area contributed by atoms with Gasteiger partial charge in [-0.2, -0.15) is 4.99 Å². The zero-order valence-corrected chi connectivity index (χ0v) is 6.87. The van der Waals surface area contributed by atoms with Crippen LogP contribution in [0.3, 0.4) is 0 Å². The number of benzene rings is 1. The van der Waals surface area contributed by atoms with Crippen LogP contribution < -0.4 is 0 Å². The molecule has 1 aromatic rings. The molecule has 0 aliphatic heterocycles. The fourth-order valence-corrected chi connectivity index (χ4v) is 0.923. The lowest BCUT2D eigenvalue weighted by atomic mass is 10.1. The number of nitrogens with zero attached hydrogens (tertiary/aromatic N) is 1. The van der Waals surface area contributed by atoms with Crippen LogP contribution in [0.5, 0.6) is 0 Å². The summed E-state index contributed by atoms with van der Waals surface area (Å²) in [6.07, 6.45) is 3.23. The maximum atomic E-state index is 10.0. The van der Waals surface area contributed by atoms with Crippen molar-refractivity contribution in [1.29, 1.82) is 0 Å². The lowest BCUT2D eigenvalue weighted by Gasteiger charge is -1.98. The summed E-state index contributed by atoms with van der Waals surface area (Å²) in [6, 6.07) is 5.62. The predicted molar refractivity (Wildman–Crippen MR) is 49.1 cm³/mol. The van der Waals surface area contributed by atoms with E-state index in [-0.39, 0.29) is 0 Å². The van der Waals surface area contributed by atoms with Gasteiger partial charge >= 0.3 is 0 Å². The second-order valence-corrected chi connectivity index (χ2v) is 2.45. The van der Waals surface area contributed by atoms with Gasteiger partial charge in [0.25, 0.3) is 0 Å². The topological polar surface area (TPSA) is 29.4 Å². The summed E-state index contributed by atoms with van der Waals surface area (Å²) in [5, 5.41) is 0. The van der Waals surface area contributed by atoms with Gasteiger partial charge < -0.3 is 0 Å². The van der Waals surface area contributed by atoms with Crippen LogP contribution in [0.25, 0.3) is 6.08 Å². The lowest BCUT2D eigenvalue weighted by molar-refractivity contribution is 0.565. The van der Waals surface area contributed by atoms with Crippen molar-refractivity contribution in [3.05, 3.63) is 35.9 Å². The van der Waals surface area contributed by atoms with Crippen molar-refractivity contribution in [2.75, 3.05) is 0 Å². The van der Waals surface area contributed by atoms with Crippen LogP contribution in [0, 0.1) is 6.92 Å². The van der Waals surface area contributed by atoms with Gasteiger partial charge in [-0.05, 0) is 24.1 Å². The molecule has 0 aliphatic carbocycles. The molecule has 0 heterocycles. The molecule has 0 amide bonds. The molecule has 0 atom stereocenters. The Morgan fingerprint density at radius 2 is 2.33 bits per heavy atom. The van der Waals surface area contributed by atoms with Gasteiger partial charge in [0.05, 0.1) is 5.69 Å². The average molecular weight is 159 g/mol. The van der Waals surface area contributed by atoms with Gasteiger partial charge in [-0.15, -0.1) is 0 Å². The first-order valence-corrected chi connectivity index (χ1v) is 3.59. The highest BCUT2D eigenvalue weighted by atomic mass is 16.1. The quantitative estimate of drug-likeness (QED) is 0.481. The monoisotopic (exact) mass is 159 g/mol. The van der Waals surface area contributed by atoms with Crippen LogP contribution in [0.4, 0.5) is 5.69 Å². The third-order valence-electron chi connectivity index (χ3n) is 1.63. The van der Waals surface area contributed by atoms with Crippen LogP contribution in [-0.2, 0) is 4.79 Å². The van der Waals surface area contributed by atoms with Crippen molar-refractivity contribution < 1.29 is 4.79 Å². The van der Waals surface area contributed by atoms with Gasteiger partial charge in [-0.25, -0.2) is 4.79 Å². The summed E-state index contributed by atoms with van der Waals surface area (Å²) >= 11 is 0. The molecule has 0 aromatic heterocycles. The van der Waals surface area contributed by atoms with Crippen LogP contribution >= 0.6 is 0 Å². The maximum Gasteiger partial charge on any atom is 0.240 e. The number of aliphatic imine (C=N–C) groups is 1. The van der Waals surface area contributed by atoms with Gasteiger partial charge in [0.2, 0.25) is 6.08 Å². The molecule has 0 bridgehead atoms. The smallest absolute Gasteiger partial charge is 0.211 e. The molecule has 0 aliphatic rings. The zero-order chi connectivity index (χ0) is 8.97. The highest BCUT2D eigenvalue weighted by Crippen LogP contribution is 2.19. The number of isocyanates is 1. The fourth-order valence-electron chi connectivity index (χ4n) is 0.923. The summed E-state index contributed by atoms with van der Waals surface area (Å²) in [5.41, 5.74) is 2.57. The molecule has 0 radical (unpaired) electrons. The summed E-state index contributed by atoms with van der Waals surface area (Å²) in [7, 11) is 0. The number of rotatable bonds is 2. The molecule has 0 saturated carbocycles. The normalized spacial score (nSPS) is 8.75. The Morgan fingerprint density at radius 3 is 2.92 bits per heavy atom. The summed E-state index contributed by atoms with van der Waals surface area (Å²) in [6.45, 7) is 5.51. The highest BCUT2D eigenvalue weighted by molar-refractivity contribution is 5.60. The van der Waals surface area contributed by atoms with E-state index in [0.717, 1.165) is 11.1 Å². The molecule has 1 aromatic carbocycles. The van der Waals surface area contributed by atoms with Crippen LogP contribution in [0.2, 0.25) is 0 Å². The number of carbonyl (C=O) groups excluding carboxylic acids is 1. The summed E-state index contributed by atoms with van der Waals surface area (Å²) in [4.78, 5) is 13.6. The van der Waals surface area contributed by atoms with E-state index in [0.29, 0.717) is 5.69 Å². The predicted octanol–water partition coefficient (Wildman–Crippen LogP) is 2.61.